The first-order valence-electron chi connectivity index (χ1n) is 19.3. The summed E-state index contributed by atoms with van der Waals surface area (Å²) in [5.41, 5.74) is 3.69. The summed E-state index contributed by atoms with van der Waals surface area (Å²) in [6.45, 7) is 12.2. The highest BCUT2D eigenvalue weighted by molar-refractivity contribution is 6.33. The van der Waals surface area contributed by atoms with Crippen molar-refractivity contribution in [1.82, 2.24) is 0 Å². The quantitative estimate of drug-likeness (QED) is 0.120. The summed E-state index contributed by atoms with van der Waals surface area (Å²) in [5.74, 6) is 4.71. The van der Waals surface area contributed by atoms with Crippen molar-refractivity contribution in [1.29, 1.82) is 0 Å². The van der Waals surface area contributed by atoms with Crippen LogP contribution in [0, 0.1) is 46.3 Å². The van der Waals surface area contributed by atoms with Gasteiger partial charge in [0.1, 0.15) is 17.4 Å². The van der Waals surface area contributed by atoms with Crippen molar-refractivity contribution in [2.45, 2.75) is 111 Å². The largest absolute Gasteiger partial charge is 0.480 e. The third kappa shape index (κ3) is 6.69. The minimum Gasteiger partial charge on any atom is -0.480 e. The fourth-order valence-electron chi connectivity index (χ4n) is 11.2. The molecule has 6 heteroatoms. The average molecular weight is 699 g/mol. The predicted octanol–water partition coefficient (Wildman–Crippen LogP) is 11.4. The Hall–Kier alpha value is -3.05. The molecule has 268 valence electrons. The number of ether oxygens (including phenoxy) is 2. The summed E-state index contributed by atoms with van der Waals surface area (Å²) in [5, 5.41) is 1.04. The van der Waals surface area contributed by atoms with E-state index in [0.717, 1.165) is 65.9 Å². The van der Waals surface area contributed by atoms with Crippen LogP contribution in [0.2, 0.25) is 5.02 Å². The third-order valence-corrected chi connectivity index (χ3v) is 14.1. The maximum atomic E-state index is 13.1. The van der Waals surface area contributed by atoms with Crippen LogP contribution in [0.5, 0.6) is 5.75 Å². The smallest absolute Gasteiger partial charge is 0.344 e. The zero-order valence-corrected chi connectivity index (χ0v) is 31.4. The van der Waals surface area contributed by atoms with Gasteiger partial charge in [0, 0.05) is 23.9 Å². The number of hydrogen-bond donors (Lipinski definition) is 0. The van der Waals surface area contributed by atoms with Crippen molar-refractivity contribution >= 4 is 28.5 Å². The van der Waals surface area contributed by atoms with E-state index in [2.05, 4.69) is 40.7 Å². The predicted molar refractivity (Wildman–Crippen MR) is 201 cm³/mol. The highest BCUT2D eigenvalue weighted by atomic mass is 35.5. The number of fused-ring (bicyclic) bond motifs is 6. The van der Waals surface area contributed by atoms with E-state index >= 15 is 0 Å². The Kier molecular flexibility index (Phi) is 10.0. The Balaban J connectivity index is 0.973. The number of esters is 1. The van der Waals surface area contributed by atoms with Gasteiger partial charge in [-0.1, -0.05) is 107 Å². The molecule has 0 N–H and O–H groups in total. The van der Waals surface area contributed by atoms with Gasteiger partial charge in [-0.15, -0.1) is 0 Å². The number of rotatable bonds is 10. The van der Waals surface area contributed by atoms with Crippen LogP contribution >= 0.6 is 11.6 Å². The van der Waals surface area contributed by atoms with E-state index in [1.54, 1.807) is 12.1 Å². The number of halogens is 1. The summed E-state index contributed by atoms with van der Waals surface area (Å²) < 4.78 is 17.4. The molecule has 3 aromatic rings. The van der Waals surface area contributed by atoms with E-state index in [-0.39, 0.29) is 23.9 Å². The molecule has 3 saturated carbocycles. The Morgan fingerprint density at radius 2 is 1.78 bits per heavy atom. The molecule has 0 radical (unpaired) electrons. The fraction of sp³-hybridized carbons (Fsp3) is 0.591. The van der Waals surface area contributed by atoms with Crippen LogP contribution in [-0.2, 0) is 9.53 Å². The van der Waals surface area contributed by atoms with Gasteiger partial charge < -0.3 is 13.9 Å². The lowest BCUT2D eigenvalue weighted by Crippen LogP contribution is -2.51. The molecular formula is C44H55ClO5. The van der Waals surface area contributed by atoms with Gasteiger partial charge in [-0.3, -0.25) is 0 Å². The van der Waals surface area contributed by atoms with Crippen molar-refractivity contribution in [2.75, 3.05) is 6.61 Å². The molecule has 3 fully saturated rings. The summed E-state index contributed by atoms with van der Waals surface area (Å²) in [7, 11) is 0. The van der Waals surface area contributed by atoms with Crippen molar-refractivity contribution in [3.05, 3.63) is 75.6 Å². The number of carbonyl (C=O) groups is 1. The Morgan fingerprint density at radius 3 is 2.56 bits per heavy atom. The van der Waals surface area contributed by atoms with Crippen LogP contribution in [-0.4, -0.2) is 18.7 Å². The highest BCUT2D eigenvalue weighted by Crippen LogP contribution is 2.67. The first-order valence-corrected chi connectivity index (χ1v) is 19.7. The van der Waals surface area contributed by atoms with Crippen LogP contribution < -0.4 is 10.4 Å². The van der Waals surface area contributed by atoms with Crippen molar-refractivity contribution in [2.24, 2.45) is 46.3 Å². The van der Waals surface area contributed by atoms with Gasteiger partial charge >= 0.3 is 11.6 Å². The van der Waals surface area contributed by atoms with Crippen molar-refractivity contribution in [3.8, 4) is 16.9 Å². The molecule has 0 aliphatic heterocycles. The molecule has 8 atom stereocenters. The van der Waals surface area contributed by atoms with Crippen LogP contribution in [0.25, 0.3) is 22.1 Å². The molecule has 4 aliphatic rings. The van der Waals surface area contributed by atoms with E-state index in [1.807, 2.05) is 30.3 Å². The zero-order chi connectivity index (χ0) is 35.2. The van der Waals surface area contributed by atoms with Crippen LogP contribution in [0.4, 0.5) is 0 Å². The molecule has 50 heavy (non-hydrogen) atoms. The number of allylic oxidation sites excluding steroid dienone is 1. The second-order valence-corrected chi connectivity index (χ2v) is 17.5. The lowest BCUT2D eigenvalue weighted by atomic mass is 9.47. The van der Waals surface area contributed by atoms with E-state index in [0.29, 0.717) is 21.4 Å². The molecule has 1 aromatic heterocycles. The topological polar surface area (TPSA) is 65.7 Å². The van der Waals surface area contributed by atoms with Crippen molar-refractivity contribution < 1.29 is 18.7 Å². The minimum absolute atomic E-state index is 0.142. The lowest BCUT2D eigenvalue weighted by Gasteiger charge is -2.58. The standard InChI is InChI=1S/C44H55ClO5/c1-27(2)10-9-11-28(3)35-16-17-36-32-15-14-30-22-31(18-20-43(30,4)37(32)19-21-44(35,36)5)49-42(47)26-48-40-25-39-34(23-38(40)45)33(24-41(46)50-39)29-12-7-6-8-13-29/h6-8,12-14,23-25,27-28,31-32,35-37H,9-11,15-22,26H2,1-5H3. The Bertz CT molecular complexity index is 1790. The maximum absolute atomic E-state index is 13.1. The second kappa shape index (κ2) is 14.2. The third-order valence-electron chi connectivity index (χ3n) is 13.8. The van der Waals surface area contributed by atoms with Gasteiger partial charge in [-0.25, -0.2) is 9.59 Å². The molecule has 4 aliphatic carbocycles. The molecule has 0 bridgehead atoms. The van der Waals surface area contributed by atoms with Gasteiger partial charge in [-0.05, 0) is 108 Å². The van der Waals surface area contributed by atoms with Gasteiger partial charge in [0.2, 0.25) is 0 Å². The average Bonchev–Trinajstić information content (AvgIpc) is 3.45. The molecule has 0 spiro atoms. The van der Waals surface area contributed by atoms with E-state index in [1.165, 1.54) is 63.0 Å². The molecule has 0 amide bonds. The summed E-state index contributed by atoms with van der Waals surface area (Å²) in [4.78, 5) is 25.5. The Labute approximate surface area is 303 Å². The van der Waals surface area contributed by atoms with E-state index in [4.69, 9.17) is 25.5 Å². The number of hydrogen-bond acceptors (Lipinski definition) is 5. The van der Waals surface area contributed by atoms with Crippen LogP contribution in [0.15, 0.2) is 69.4 Å². The van der Waals surface area contributed by atoms with Gasteiger partial charge in [-0.2, -0.15) is 0 Å². The van der Waals surface area contributed by atoms with Gasteiger partial charge in [0.05, 0.1) is 5.02 Å². The van der Waals surface area contributed by atoms with E-state index < -0.39 is 11.6 Å². The number of benzene rings is 2. The SMILES string of the molecule is CC(C)CCCC(C)C1CCC2C3CC=C4CC(OC(=O)COc5cc6oc(=O)cc(-c7ccccc7)c6cc5Cl)CCC4(C)C3CCC12C. The Morgan fingerprint density at radius 1 is 0.980 bits per heavy atom. The summed E-state index contributed by atoms with van der Waals surface area (Å²) in [6.07, 6.45) is 16.0. The second-order valence-electron chi connectivity index (χ2n) is 17.1. The minimum atomic E-state index is -0.464. The molecule has 8 unspecified atom stereocenters. The van der Waals surface area contributed by atoms with Gasteiger partial charge in [0.15, 0.2) is 6.61 Å². The molecule has 1 heterocycles. The van der Waals surface area contributed by atoms with Crippen LogP contribution in [0.1, 0.15) is 105 Å². The molecule has 5 nitrogen and oxygen atoms in total. The molecule has 2 aromatic carbocycles. The maximum Gasteiger partial charge on any atom is 0.344 e. The fourth-order valence-corrected chi connectivity index (χ4v) is 11.5. The van der Waals surface area contributed by atoms with Gasteiger partial charge in [0.25, 0.3) is 0 Å². The number of carbonyl (C=O) groups excluding carboxylic acids is 1. The zero-order valence-electron chi connectivity index (χ0n) is 30.6. The molecular weight excluding hydrogens is 644 g/mol. The molecule has 7 rings (SSSR count). The first kappa shape index (κ1) is 35.4. The monoisotopic (exact) mass is 698 g/mol. The summed E-state index contributed by atoms with van der Waals surface area (Å²) >= 11 is 6.62. The summed E-state index contributed by atoms with van der Waals surface area (Å²) in [6, 6.07) is 14.4. The molecule has 0 saturated heterocycles. The van der Waals surface area contributed by atoms with Crippen molar-refractivity contribution in [3.63, 3.8) is 0 Å². The van der Waals surface area contributed by atoms with Crippen LogP contribution in [0.3, 0.4) is 0 Å². The lowest BCUT2D eigenvalue weighted by molar-refractivity contribution is -0.153. The normalized spacial score (nSPS) is 31.0. The first-order chi connectivity index (χ1) is 24.0. The van der Waals surface area contributed by atoms with E-state index in [9.17, 15) is 9.59 Å². The highest BCUT2D eigenvalue weighted by Gasteiger charge is 2.59.